The molecule has 0 aliphatic rings. The molecule has 2 N–H and O–H groups in total. The second-order valence-corrected chi connectivity index (χ2v) is 8.15. The van der Waals surface area contributed by atoms with Crippen LogP contribution in [0.5, 0.6) is 0 Å². The van der Waals surface area contributed by atoms with Gasteiger partial charge in [0.25, 0.3) is 0 Å². The first-order valence-electron chi connectivity index (χ1n) is 9.83. The molecule has 0 bridgehead atoms. The first kappa shape index (κ1) is 20.7. The van der Waals surface area contributed by atoms with Gasteiger partial charge in [0.2, 0.25) is 11.9 Å². The standard InChI is InChI=1S/C24H22N4O2S/c1-28(19-8-3-2-4-9-19)23(30)15-20-10-11-22(31-20)21-12-13-25-24(27-21)26-18-7-5-6-17(14-18)16-29/h2-14,29H,15-16H2,1H3,(H,25,26,27). The number of carbonyl (C=O) groups is 1. The molecule has 0 saturated heterocycles. The Hall–Kier alpha value is -3.55. The molecule has 0 saturated carbocycles. The van der Waals surface area contributed by atoms with Crippen molar-refractivity contribution in [2.24, 2.45) is 0 Å². The number of amides is 1. The SMILES string of the molecule is CN(C(=O)Cc1ccc(-c2ccnc(Nc3cccc(CO)c3)n2)s1)c1ccccc1. The number of nitrogens with zero attached hydrogens (tertiary/aromatic N) is 3. The maximum atomic E-state index is 12.6. The van der Waals surface area contributed by atoms with Gasteiger partial charge >= 0.3 is 0 Å². The van der Waals surface area contributed by atoms with Gasteiger partial charge in [-0.3, -0.25) is 4.79 Å². The van der Waals surface area contributed by atoms with E-state index in [4.69, 9.17) is 0 Å². The van der Waals surface area contributed by atoms with Crippen LogP contribution >= 0.6 is 11.3 Å². The van der Waals surface area contributed by atoms with Crippen molar-refractivity contribution in [2.75, 3.05) is 17.3 Å². The summed E-state index contributed by atoms with van der Waals surface area (Å²) in [6.07, 6.45) is 2.04. The lowest BCUT2D eigenvalue weighted by molar-refractivity contribution is -0.117. The minimum atomic E-state index is -0.0213. The highest BCUT2D eigenvalue weighted by molar-refractivity contribution is 7.15. The summed E-state index contributed by atoms with van der Waals surface area (Å²) in [5.41, 5.74) is 3.29. The number of aliphatic hydroxyl groups is 1. The Morgan fingerprint density at radius 1 is 1.06 bits per heavy atom. The molecule has 7 heteroatoms. The van der Waals surface area contributed by atoms with Gasteiger partial charge in [-0.2, -0.15) is 0 Å². The monoisotopic (exact) mass is 430 g/mol. The number of carbonyl (C=O) groups excluding carboxylic acids is 1. The molecule has 4 rings (SSSR count). The quantitative estimate of drug-likeness (QED) is 0.446. The van der Waals surface area contributed by atoms with Gasteiger partial charge in [0.05, 0.1) is 23.6 Å². The molecule has 0 spiro atoms. The van der Waals surface area contributed by atoms with E-state index in [1.807, 2.05) is 72.8 Å². The number of nitrogens with one attached hydrogen (secondary N) is 1. The van der Waals surface area contributed by atoms with E-state index in [2.05, 4.69) is 15.3 Å². The van der Waals surface area contributed by atoms with Crippen molar-refractivity contribution < 1.29 is 9.90 Å². The number of rotatable bonds is 7. The zero-order chi connectivity index (χ0) is 21.6. The van der Waals surface area contributed by atoms with Crippen LogP contribution in [-0.2, 0) is 17.8 Å². The Balaban J connectivity index is 1.46. The molecule has 0 fully saturated rings. The highest BCUT2D eigenvalue weighted by atomic mass is 32.1. The summed E-state index contributed by atoms with van der Waals surface area (Å²) in [6.45, 7) is -0.0213. The van der Waals surface area contributed by atoms with Crippen LogP contribution in [0.3, 0.4) is 0 Å². The zero-order valence-electron chi connectivity index (χ0n) is 17.0. The zero-order valence-corrected chi connectivity index (χ0v) is 17.8. The Morgan fingerprint density at radius 2 is 1.90 bits per heavy atom. The van der Waals surface area contributed by atoms with Crippen molar-refractivity contribution in [1.82, 2.24) is 9.97 Å². The Labute approximate surface area is 184 Å². The van der Waals surface area contributed by atoms with E-state index < -0.39 is 0 Å². The predicted molar refractivity (Wildman–Crippen MR) is 125 cm³/mol. The summed E-state index contributed by atoms with van der Waals surface area (Å²) in [7, 11) is 1.79. The van der Waals surface area contributed by atoms with Crippen LogP contribution in [-0.4, -0.2) is 28.0 Å². The predicted octanol–water partition coefficient (Wildman–Crippen LogP) is 4.65. The average molecular weight is 431 g/mol. The first-order valence-corrected chi connectivity index (χ1v) is 10.6. The third-order valence-electron chi connectivity index (χ3n) is 4.78. The molecule has 2 aromatic carbocycles. The van der Waals surface area contributed by atoms with Gasteiger partial charge in [0.15, 0.2) is 0 Å². The van der Waals surface area contributed by atoms with E-state index >= 15 is 0 Å². The van der Waals surface area contributed by atoms with Gasteiger partial charge in [-0.1, -0.05) is 30.3 Å². The molecule has 0 aliphatic carbocycles. The summed E-state index contributed by atoms with van der Waals surface area (Å²) in [5.74, 6) is 0.510. The van der Waals surface area contributed by atoms with Crippen LogP contribution in [0.4, 0.5) is 17.3 Å². The number of aliphatic hydroxyl groups excluding tert-OH is 1. The normalized spacial score (nSPS) is 10.6. The molecule has 6 nitrogen and oxygen atoms in total. The molecule has 0 atom stereocenters. The lowest BCUT2D eigenvalue weighted by Gasteiger charge is -2.16. The third-order valence-corrected chi connectivity index (χ3v) is 5.89. The lowest BCUT2D eigenvalue weighted by Crippen LogP contribution is -2.27. The van der Waals surface area contributed by atoms with Crippen LogP contribution in [0.15, 0.2) is 79.0 Å². The van der Waals surface area contributed by atoms with E-state index in [-0.39, 0.29) is 12.5 Å². The topological polar surface area (TPSA) is 78.4 Å². The van der Waals surface area contributed by atoms with Gasteiger partial charge in [0.1, 0.15) is 0 Å². The summed E-state index contributed by atoms with van der Waals surface area (Å²) < 4.78 is 0. The number of anilines is 3. The van der Waals surface area contributed by atoms with Crippen molar-refractivity contribution in [3.8, 4) is 10.6 Å². The number of benzene rings is 2. The minimum absolute atomic E-state index is 0.0213. The fourth-order valence-corrected chi connectivity index (χ4v) is 4.08. The molecular weight excluding hydrogens is 408 g/mol. The fraction of sp³-hybridized carbons (Fsp3) is 0.125. The van der Waals surface area contributed by atoms with Crippen LogP contribution in [0.25, 0.3) is 10.6 Å². The molecule has 2 heterocycles. The number of para-hydroxylation sites is 1. The average Bonchev–Trinajstić information content (AvgIpc) is 3.28. The van der Waals surface area contributed by atoms with Crippen LogP contribution in [0.2, 0.25) is 0 Å². The van der Waals surface area contributed by atoms with Gasteiger partial charge in [0, 0.05) is 29.5 Å². The molecule has 31 heavy (non-hydrogen) atoms. The summed E-state index contributed by atoms with van der Waals surface area (Å²) in [6, 6.07) is 22.9. The van der Waals surface area contributed by atoms with Crippen molar-refractivity contribution in [1.29, 1.82) is 0 Å². The number of thiophene rings is 1. The summed E-state index contributed by atoms with van der Waals surface area (Å²) in [4.78, 5) is 25.2. The Bertz CT molecular complexity index is 1180. The number of aromatic nitrogens is 2. The summed E-state index contributed by atoms with van der Waals surface area (Å²) >= 11 is 1.55. The number of hydrogen-bond acceptors (Lipinski definition) is 6. The molecular formula is C24H22N4O2S. The van der Waals surface area contributed by atoms with E-state index in [9.17, 15) is 9.90 Å². The highest BCUT2D eigenvalue weighted by Crippen LogP contribution is 2.28. The van der Waals surface area contributed by atoms with Crippen LogP contribution in [0.1, 0.15) is 10.4 Å². The number of hydrogen-bond donors (Lipinski definition) is 2. The highest BCUT2D eigenvalue weighted by Gasteiger charge is 2.14. The van der Waals surface area contributed by atoms with E-state index in [0.717, 1.165) is 32.4 Å². The van der Waals surface area contributed by atoms with Crippen molar-refractivity contribution in [2.45, 2.75) is 13.0 Å². The second kappa shape index (κ2) is 9.51. The Kier molecular flexibility index (Phi) is 6.35. The van der Waals surface area contributed by atoms with E-state index in [1.165, 1.54) is 0 Å². The molecule has 156 valence electrons. The molecule has 1 amide bonds. The summed E-state index contributed by atoms with van der Waals surface area (Å²) in [5, 5.41) is 12.5. The van der Waals surface area contributed by atoms with Crippen molar-refractivity contribution >= 4 is 34.6 Å². The fourth-order valence-electron chi connectivity index (χ4n) is 3.11. The van der Waals surface area contributed by atoms with Gasteiger partial charge in [-0.15, -0.1) is 11.3 Å². The molecule has 0 aliphatic heterocycles. The van der Waals surface area contributed by atoms with Gasteiger partial charge < -0.3 is 15.3 Å². The Morgan fingerprint density at radius 3 is 2.71 bits per heavy atom. The molecule has 4 aromatic rings. The van der Waals surface area contributed by atoms with Crippen LogP contribution < -0.4 is 10.2 Å². The maximum absolute atomic E-state index is 12.6. The van der Waals surface area contributed by atoms with Gasteiger partial charge in [-0.25, -0.2) is 9.97 Å². The largest absolute Gasteiger partial charge is 0.392 e. The minimum Gasteiger partial charge on any atom is -0.392 e. The van der Waals surface area contributed by atoms with E-state index in [1.54, 1.807) is 29.5 Å². The third kappa shape index (κ3) is 5.14. The molecule has 0 radical (unpaired) electrons. The lowest BCUT2D eigenvalue weighted by atomic mass is 10.2. The van der Waals surface area contributed by atoms with Crippen molar-refractivity contribution in [3.05, 3.63) is 89.4 Å². The van der Waals surface area contributed by atoms with Gasteiger partial charge in [-0.05, 0) is 48.0 Å². The first-order chi connectivity index (χ1) is 15.1. The van der Waals surface area contributed by atoms with Crippen LogP contribution in [0, 0.1) is 0 Å². The van der Waals surface area contributed by atoms with Crippen molar-refractivity contribution in [3.63, 3.8) is 0 Å². The maximum Gasteiger partial charge on any atom is 0.231 e. The second-order valence-electron chi connectivity index (χ2n) is 6.98. The molecule has 0 unspecified atom stereocenters. The smallest absolute Gasteiger partial charge is 0.231 e. The molecule has 2 aromatic heterocycles. The number of likely N-dealkylation sites (N-methyl/N-ethyl adjacent to an activating group) is 1. The van der Waals surface area contributed by atoms with E-state index in [0.29, 0.717) is 12.4 Å².